The van der Waals surface area contributed by atoms with E-state index in [1.165, 1.54) is 7.11 Å². The van der Waals surface area contributed by atoms with Crippen LogP contribution in [-0.4, -0.2) is 56.4 Å². The molecule has 0 radical (unpaired) electrons. The molecule has 0 aliphatic carbocycles. The predicted octanol–water partition coefficient (Wildman–Crippen LogP) is 0.292. The first-order chi connectivity index (χ1) is 2.56. The van der Waals surface area contributed by atoms with Crippen molar-refractivity contribution in [3.8, 4) is 0 Å². The van der Waals surface area contributed by atoms with Crippen molar-refractivity contribution in [3.63, 3.8) is 0 Å². The van der Waals surface area contributed by atoms with Crippen LogP contribution in [0, 0.1) is 0 Å². The van der Waals surface area contributed by atoms with Crippen LogP contribution in [0.2, 0.25) is 0 Å². The maximum Gasteiger partial charge on any atom is 2.00 e. The standard InChI is InChI=1S/C2H7O3P.Ca.2H/c1-5-6(2,3)4;;;/h1-2H3,(H,3,4);;;/q;+2;2*-1. The Bertz CT molecular complexity index is 83.9. The summed E-state index contributed by atoms with van der Waals surface area (Å²) in [5, 5.41) is 0. The van der Waals surface area contributed by atoms with Gasteiger partial charge in [0, 0.05) is 13.8 Å². The topological polar surface area (TPSA) is 46.5 Å². The zero-order valence-corrected chi connectivity index (χ0v) is 7.52. The van der Waals surface area contributed by atoms with E-state index >= 15 is 0 Å². The molecule has 1 atom stereocenters. The molecule has 0 saturated carbocycles. The molecular formula is C2H9CaO3P. The number of hydrogen-bond acceptors (Lipinski definition) is 2. The third kappa shape index (κ3) is 11.2. The van der Waals surface area contributed by atoms with Crippen molar-refractivity contribution in [2.24, 2.45) is 0 Å². The Labute approximate surface area is 75.6 Å². The van der Waals surface area contributed by atoms with Crippen LogP contribution in [-0.2, 0) is 9.09 Å². The van der Waals surface area contributed by atoms with Crippen LogP contribution in [0.1, 0.15) is 2.85 Å². The predicted molar refractivity (Wildman–Crippen MR) is 30.7 cm³/mol. The van der Waals surface area contributed by atoms with Gasteiger partial charge in [0.15, 0.2) is 0 Å². The van der Waals surface area contributed by atoms with E-state index in [0.29, 0.717) is 0 Å². The van der Waals surface area contributed by atoms with E-state index in [-0.39, 0.29) is 40.6 Å². The van der Waals surface area contributed by atoms with Gasteiger partial charge in [0.25, 0.3) is 0 Å². The van der Waals surface area contributed by atoms with Crippen molar-refractivity contribution >= 4 is 45.3 Å². The van der Waals surface area contributed by atoms with Crippen LogP contribution in [0.3, 0.4) is 0 Å². The summed E-state index contributed by atoms with van der Waals surface area (Å²) in [6, 6.07) is 0. The average Bonchev–Trinajstić information content (AvgIpc) is 1.35. The van der Waals surface area contributed by atoms with Gasteiger partial charge in [-0.15, -0.1) is 0 Å². The van der Waals surface area contributed by atoms with Crippen molar-refractivity contribution in [2.75, 3.05) is 13.8 Å². The van der Waals surface area contributed by atoms with E-state index in [1.807, 2.05) is 0 Å². The van der Waals surface area contributed by atoms with E-state index in [2.05, 4.69) is 4.52 Å². The molecule has 3 nitrogen and oxygen atoms in total. The van der Waals surface area contributed by atoms with Crippen molar-refractivity contribution in [1.82, 2.24) is 0 Å². The Morgan fingerprint density at radius 1 is 1.86 bits per heavy atom. The summed E-state index contributed by atoms with van der Waals surface area (Å²) < 4.78 is 14.0. The molecule has 0 aromatic heterocycles. The van der Waals surface area contributed by atoms with Gasteiger partial charge in [-0.25, -0.2) is 0 Å². The Morgan fingerprint density at radius 2 is 2.00 bits per heavy atom. The largest absolute Gasteiger partial charge is 2.00 e. The molecule has 5 heteroatoms. The SMILES string of the molecule is COP(C)(=O)O.[Ca+2].[H-].[H-]. The molecule has 0 saturated heterocycles. The second kappa shape index (κ2) is 4.30. The molecule has 0 spiro atoms. The molecular weight excluding hydrogens is 143 g/mol. The van der Waals surface area contributed by atoms with Crippen LogP contribution in [0.5, 0.6) is 0 Å². The Kier molecular flexibility index (Phi) is 6.91. The zero-order chi connectivity index (χ0) is 5.21. The minimum Gasteiger partial charge on any atom is -1.00 e. The number of hydrogen-bond donors (Lipinski definition) is 1. The van der Waals surface area contributed by atoms with Gasteiger partial charge in [0.1, 0.15) is 0 Å². The normalized spacial score (nSPS) is 17.0. The molecule has 0 fully saturated rings. The van der Waals surface area contributed by atoms with Gasteiger partial charge in [0.05, 0.1) is 0 Å². The first-order valence-corrected chi connectivity index (χ1v) is 3.45. The zero-order valence-electron chi connectivity index (χ0n) is 6.42. The van der Waals surface area contributed by atoms with E-state index in [4.69, 9.17) is 4.89 Å². The maximum absolute atomic E-state index is 9.92. The van der Waals surface area contributed by atoms with Crippen LogP contribution >= 0.6 is 7.60 Å². The molecule has 1 unspecified atom stereocenters. The first-order valence-electron chi connectivity index (χ1n) is 1.42. The van der Waals surface area contributed by atoms with E-state index in [9.17, 15) is 4.57 Å². The van der Waals surface area contributed by atoms with Crippen LogP contribution < -0.4 is 0 Å². The molecule has 0 bridgehead atoms. The molecule has 42 valence electrons. The second-order valence-corrected chi connectivity index (χ2v) is 2.96. The van der Waals surface area contributed by atoms with Gasteiger partial charge in [-0.05, 0) is 0 Å². The molecule has 0 aromatic rings. The summed E-state index contributed by atoms with van der Waals surface area (Å²) in [7, 11) is -1.95. The van der Waals surface area contributed by atoms with Crippen molar-refractivity contribution in [3.05, 3.63) is 0 Å². The second-order valence-electron chi connectivity index (χ2n) is 0.986. The smallest absolute Gasteiger partial charge is 1.00 e. The van der Waals surface area contributed by atoms with Crippen LogP contribution in [0.25, 0.3) is 0 Å². The molecule has 0 aliphatic rings. The van der Waals surface area contributed by atoms with Gasteiger partial charge in [0.2, 0.25) is 0 Å². The first kappa shape index (κ1) is 11.2. The molecule has 0 rings (SSSR count). The Balaban J connectivity index is -0.0000000417. The Morgan fingerprint density at radius 3 is 2.00 bits per heavy atom. The van der Waals surface area contributed by atoms with Crippen molar-refractivity contribution < 1.29 is 16.8 Å². The minimum atomic E-state index is -3.15. The number of rotatable bonds is 1. The summed E-state index contributed by atoms with van der Waals surface area (Å²) >= 11 is 0. The molecule has 0 amide bonds. The fraction of sp³-hybridized carbons (Fsp3) is 1.00. The van der Waals surface area contributed by atoms with Gasteiger partial charge < -0.3 is 12.3 Å². The summed E-state index contributed by atoms with van der Waals surface area (Å²) in [6.07, 6.45) is 0. The fourth-order valence-corrected chi connectivity index (χ4v) is 0. The van der Waals surface area contributed by atoms with Gasteiger partial charge in [-0.2, -0.15) is 0 Å². The Hall–Kier alpha value is 1.41. The quantitative estimate of drug-likeness (QED) is 0.434. The van der Waals surface area contributed by atoms with Crippen molar-refractivity contribution in [1.29, 1.82) is 0 Å². The molecule has 0 aromatic carbocycles. The minimum absolute atomic E-state index is 0. The van der Waals surface area contributed by atoms with E-state index < -0.39 is 7.60 Å². The van der Waals surface area contributed by atoms with Gasteiger partial charge in [-0.1, -0.05) is 0 Å². The van der Waals surface area contributed by atoms with Crippen LogP contribution in [0.15, 0.2) is 0 Å². The van der Waals surface area contributed by atoms with Crippen molar-refractivity contribution in [2.45, 2.75) is 0 Å². The third-order valence-electron chi connectivity index (χ3n) is 0.339. The summed E-state index contributed by atoms with van der Waals surface area (Å²) in [5.74, 6) is 0. The molecule has 1 N–H and O–H groups in total. The summed E-state index contributed by atoms with van der Waals surface area (Å²) in [4.78, 5) is 8.16. The molecule has 0 aliphatic heterocycles. The molecule has 0 heterocycles. The third-order valence-corrected chi connectivity index (χ3v) is 1.02. The monoisotopic (exact) mass is 152 g/mol. The average molecular weight is 152 g/mol. The summed E-state index contributed by atoms with van der Waals surface area (Å²) in [5.41, 5.74) is 0. The van der Waals surface area contributed by atoms with E-state index in [1.54, 1.807) is 0 Å². The molecule has 7 heavy (non-hydrogen) atoms. The van der Waals surface area contributed by atoms with Gasteiger partial charge in [-0.3, -0.25) is 4.57 Å². The van der Waals surface area contributed by atoms with Crippen LogP contribution in [0.4, 0.5) is 0 Å². The fourth-order valence-electron chi connectivity index (χ4n) is 0. The summed E-state index contributed by atoms with van der Waals surface area (Å²) in [6.45, 7) is 1.13. The maximum atomic E-state index is 9.92. The van der Waals surface area contributed by atoms with Gasteiger partial charge >= 0.3 is 45.3 Å². The van der Waals surface area contributed by atoms with E-state index in [0.717, 1.165) is 6.66 Å².